The third kappa shape index (κ3) is 5.21. The van der Waals surface area contributed by atoms with Crippen molar-refractivity contribution in [3.05, 3.63) is 60.2 Å². The first-order valence-electron chi connectivity index (χ1n) is 9.38. The van der Waals surface area contributed by atoms with E-state index >= 15 is 0 Å². The summed E-state index contributed by atoms with van der Waals surface area (Å²) in [6.07, 6.45) is -4.77. The lowest BCUT2D eigenvalue weighted by molar-refractivity contribution is -0.149. The highest BCUT2D eigenvalue weighted by atomic mass is 19.4. The SMILES string of the molecule is O=C(c1ccc(-c2ccccc2)cc1)[C@@H]1CCCN(C(=O)CCC(F)(F)F)C1. The molecule has 0 aliphatic carbocycles. The van der Waals surface area contributed by atoms with Crippen LogP contribution in [0.3, 0.4) is 0 Å². The number of alkyl halides is 3. The van der Waals surface area contributed by atoms with Crippen LogP contribution >= 0.6 is 0 Å². The van der Waals surface area contributed by atoms with Crippen molar-refractivity contribution in [2.24, 2.45) is 5.92 Å². The van der Waals surface area contributed by atoms with Gasteiger partial charge in [0.15, 0.2) is 5.78 Å². The van der Waals surface area contributed by atoms with Gasteiger partial charge in [-0.05, 0) is 24.0 Å². The number of benzene rings is 2. The van der Waals surface area contributed by atoms with E-state index in [1.54, 1.807) is 12.1 Å². The van der Waals surface area contributed by atoms with Gasteiger partial charge in [-0.25, -0.2) is 0 Å². The number of nitrogens with zero attached hydrogens (tertiary/aromatic N) is 1. The molecule has 0 saturated carbocycles. The Morgan fingerprint density at radius 1 is 0.964 bits per heavy atom. The van der Waals surface area contributed by atoms with Crippen LogP contribution < -0.4 is 0 Å². The Morgan fingerprint density at radius 3 is 2.25 bits per heavy atom. The predicted molar refractivity (Wildman–Crippen MR) is 101 cm³/mol. The number of hydrogen-bond acceptors (Lipinski definition) is 2. The fraction of sp³-hybridized carbons (Fsp3) is 0.364. The van der Waals surface area contributed by atoms with Crippen molar-refractivity contribution < 1.29 is 22.8 Å². The van der Waals surface area contributed by atoms with Crippen molar-refractivity contribution in [2.75, 3.05) is 13.1 Å². The molecule has 28 heavy (non-hydrogen) atoms. The molecule has 0 aromatic heterocycles. The van der Waals surface area contributed by atoms with Crippen LogP contribution in [-0.2, 0) is 4.79 Å². The molecule has 1 amide bonds. The monoisotopic (exact) mass is 389 g/mol. The highest BCUT2D eigenvalue weighted by Crippen LogP contribution is 2.26. The molecule has 1 aliphatic heterocycles. The van der Waals surface area contributed by atoms with E-state index in [9.17, 15) is 22.8 Å². The van der Waals surface area contributed by atoms with Crippen LogP contribution in [0.15, 0.2) is 54.6 Å². The second kappa shape index (κ2) is 8.59. The molecular weight excluding hydrogens is 367 g/mol. The molecule has 2 aromatic rings. The summed E-state index contributed by atoms with van der Waals surface area (Å²) in [5.74, 6) is -0.964. The summed E-state index contributed by atoms with van der Waals surface area (Å²) in [7, 11) is 0. The molecule has 3 nitrogen and oxygen atoms in total. The normalized spacial score (nSPS) is 17.4. The molecule has 1 atom stereocenters. The molecule has 1 heterocycles. The molecule has 0 N–H and O–H groups in total. The van der Waals surface area contributed by atoms with Gasteiger partial charge in [0.2, 0.25) is 5.91 Å². The fourth-order valence-electron chi connectivity index (χ4n) is 3.52. The Balaban J connectivity index is 1.63. The average molecular weight is 389 g/mol. The maximum absolute atomic E-state index is 12.8. The van der Waals surface area contributed by atoms with E-state index in [4.69, 9.17) is 0 Å². The summed E-state index contributed by atoms with van der Waals surface area (Å²) < 4.78 is 37.0. The number of ketones is 1. The quantitative estimate of drug-likeness (QED) is 0.666. The lowest BCUT2D eigenvalue weighted by Gasteiger charge is -2.32. The first kappa shape index (κ1) is 20.1. The molecule has 0 unspecified atom stereocenters. The Morgan fingerprint density at radius 2 is 1.61 bits per heavy atom. The molecule has 148 valence electrons. The Labute approximate surface area is 162 Å². The molecule has 1 aliphatic rings. The van der Waals surface area contributed by atoms with Gasteiger partial charge in [-0.1, -0.05) is 54.6 Å². The number of carbonyl (C=O) groups excluding carboxylic acids is 2. The van der Waals surface area contributed by atoms with Gasteiger partial charge in [0.25, 0.3) is 0 Å². The van der Waals surface area contributed by atoms with Gasteiger partial charge in [-0.15, -0.1) is 0 Å². The Kier molecular flexibility index (Phi) is 6.17. The minimum Gasteiger partial charge on any atom is -0.342 e. The van der Waals surface area contributed by atoms with Gasteiger partial charge in [-0.2, -0.15) is 13.2 Å². The average Bonchev–Trinajstić information content (AvgIpc) is 2.72. The summed E-state index contributed by atoms with van der Waals surface area (Å²) in [5, 5.41) is 0. The molecule has 6 heteroatoms. The second-order valence-corrected chi connectivity index (χ2v) is 7.10. The summed E-state index contributed by atoms with van der Waals surface area (Å²) in [6, 6.07) is 17.1. The highest BCUT2D eigenvalue weighted by molar-refractivity contribution is 5.98. The van der Waals surface area contributed by atoms with Gasteiger partial charge >= 0.3 is 6.18 Å². The Hall–Kier alpha value is -2.63. The molecule has 1 saturated heterocycles. The zero-order chi connectivity index (χ0) is 20.1. The van der Waals surface area contributed by atoms with E-state index < -0.39 is 24.9 Å². The van der Waals surface area contributed by atoms with E-state index in [1.807, 2.05) is 42.5 Å². The van der Waals surface area contributed by atoms with Crippen LogP contribution in [0, 0.1) is 5.92 Å². The topological polar surface area (TPSA) is 37.4 Å². The van der Waals surface area contributed by atoms with E-state index in [0.717, 1.165) is 11.1 Å². The molecular formula is C22H22F3NO2. The van der Waals surface area contributed by atoms with Crippen molar-refractivity contribution in [1.29, 1.82) is 0 Å². The molecule has 1 fully saturated rings. The third-order valence-electron chi connectivity index (χ3n) is 5.04. The minimum atomic E-state index is -4.35. The summed E-state index contributed by atoms with van der Waals surface area (Å²) in [4.78, 5) is 26.3. The number of likely N-dealkylation sites (tertiary alicyclic amines) is 1. The standard InChI is InChI=1S/C22H22F3NO2/c23-22(24,25)13-12-20(27)26-14-4-7-19(15-26)21(28)18-10-8-17(9-11-18)16-5-2-1-3-6-16/h1-3,5-6,8-11,19H,4,7,12-15H2/t19-/m1/s1. The van der Waals surface area contributed by atoms with Crippen LogP contribution in [-0.4, -0.2) is 35.9 Å². The van der Waals surface area contributed by atoms with Crippen LogP contribution in [0.2, 0.25) is 0 Å². The molecule has 3 rings (SSSR count). The van der Waals surface area contributed by atoms with Gasteiger partial charge in [0.1, 0.15) is 0 Å². The summed E-state index contributed by atoms with van der Waals surface area (Å²) >= 11 is 0. The van der Waals surface area contributed by atoms with Crippen LogP contribution in [0.4, 0.5) is 13.2 Å². The van der Waals surface area contributed by atoms with E-state index in [1.165, 1.54) is 4.90 Å². The maximum atomic E-state index is 12.8. The zero-order valence-corrected chi connectivity index (χ0v) is 15.4. The van der Waals surface area contributed by atoms with Crippen molar-refractivity contribution in [3.8, 4) is 11.1 Å². The van der Waals surface area contributed by atoms with Crippen LogP contribution in [0.25, 0.3) is 11.1 Å². The van der Waals surface area contributed by atoms with Crippen LogP contribution in [0.5, 0.6) is 0 Å². The minimum absolute atomic E-state index is 0.0621. The lowest BCUT2D eigenvalue weighted by atomic mass is 9.89. The highest BCUT2D eigenvalue weighted by Gasteiger charge is 2.32. The number of carbonyl (C=O) groups is 2. The van der Waals surface area contributed by atoms with Gasteiger partial charge < -0.3 is 4.90 Å². The van der Waals surface area contributed by atoms with Gasteiger partial charge in [-0.3, -0.25) is 9.59 Å². The van der Waals surface area contributed by atoms with Crippen molar-refractivity contribution >= 4 is 11.7 Å². The van der Waals surface area contributed by atoms with E-state index in [-0.39, 0.29) is 18.2 Å². The molecule has 0 radical (unpaired) electrons. The smallest absolute Gasteiger partial charge is 0.342 e. The number of Topliss-reactive ketones (excluding diaryl/α,β-unsaturated/α-hetero) is 1. The maximum Gasteiger partial charge on any atom is 0.389 e. The summed E-state index contributed by atoms with van der Waals surface area (Å²) in [6.45, 7) is 0.601. The molecule has 0 spiro atoms. The number of rotatable bonds is 5. The van der Waals surface area contributed by atoms with Crippen molar-refractivity contribution in [1.82, 2.24) is 4.90 Å². The van der Waals surface area contributed by atoms with E-state index in [0.29, 0.717) is 24.9 Å². The number of amides is 1. The third-order valence-corrected chi connectivity index (χ3v) is 5.04. The summed E-state index contributed by atoms with van der Waals surface area (Å²) in [5.41, 5.74) is 2.62. The largest absolute Gasteiger partial charge is 0.389 e. The molecule has 2 aromatic carbocycles. The predicted octanol–water partition coefficient (Wildman–Crippen LogP) is 5.12. The van der Waals surface area contributed by atoms with Crippen molar-refractivity contribution in [2.45, 2.75) is 31.9 Å². The lowest BCUT2D eigenvalue weighted by Crippen LogP contribution is -2.42. The number of halogens is 3. The fourth-order valence-corrected chi connectivity index (χ4v) is 3.52. The van der Waals surface area contributed by atoms with Crippen molar-refractivity contribution in [3.63, 3.8) is 0 Å². The number of hydrogen-bond donors (Lipinski definition) is 0. The number of piperidine rings is 1. The second-order valence-electron chi connectivity index (χ2n) is 7.10. The van der Waals surface area contributed by atoms with Gasteiger partial charge in [0, 0.05) is 31.0 Å². The molecule has 0 bridgehead atoms. The van der Waals surface area contributed by atoms with Gasteiger partial charge in [0.05, 0.1) is 6.42 Å². The van der Waals surface area contributed by atoms with Crippen LogP contribution in [0.1, 0.15) is 36.0 Å². The first-order chi connectivity index (χ1) is 13.3. The van der Waals surface area contributed by atoms with E-state index in [2.05, 4.69) is 0 Å². The first-order valence-corrected chi connectivity index (χ1v) is 9.38. The Bertz CT molecular complexity index is 816. The zero-order valence-electron chi connectivity index (χ0n) is 15.4.